The van der Waals surface area contributed by atoms with Crippen molar-refractivity contribution in [3.8, 4) is 0 Å². The van der Waals surface area contributed by atoms with E-state index in [4.69, 9.17) is 4.74 Å². The predicted molar refractivity (Wildman–Crippen MR) is 93.4 cm³/mol. The lowest BCUT2D eigenvalue weighted by Gasteiger charge is -2.08. The molecule has 0 amide bonds. The number of nitrogens with zero attached hydrogens (tertiary/aromatic N) is 2. The van der Waals surface area contributed by atoms with Crippen LogP contribution in [0, 0.1) is 0 Å². The van der Waals surface area contributed by atoms with Crippen molar-refractivity contribution in [2.24, 2.45) is 0 Å². The van der Waals surface area contributed by atoms with Crippen LogP contribution in [-0.4, -0.2) is 22.0 Å². The minimum absolute atomic E-state index is 0.0560. The van der Waals surface area contributed by atoms with Gasteiger partial charge in [-0.25, -0.2) is 9.78 Å². The molecule has 0 N–H and O–H groups in total. The summed E-state index contributed by atoms with van der Waals surface area (Å²) in [5.41, 5.74) is 1.26. The first-order valence-electron chi connectivity index (χ1n) is 7.55. The Kier molecular flexibility index (Phi) is 4.96. The van der Waals surface area contributed by atoms with Crippen molar-refractivity contribution in [3.63, 3.8) is 0 Å². The lowest BCUT2D eigenvalue weighted by molar-refractivity contribution is 0.0523. The fourth-order valence-electron chi connectivity index (χ4n) is 2.28. The molecule has 0 aliphatic carbocycles. The van der Waals surface area contributed by atoms with Crippen molar-refractivity contribution in [2.45, 2.75) is 17.6 Å². The molecular weight excluding hydrogens is 324 g/mol. The number of benzene rings is 1. The first kappa shape index (κ1) is 16.3. The van der Waals surface area contributed by atoms with Gasteiger partial charge < -0.3 is 4.74 Å². The third-order valence-corrected chi connectivity index (χ3v) is 4.54. The Morgan fingerprint density at radius 3 is 2.75 bits per heavy atom. The van der Waals surface area contributed by atoms with Crippen molar-refractivity contribution in [3.05, 3.63) is 76.3 Å². The average Bonchev–Trinajstić information content (AvgIpc) is 2.61. The molecule has 0 aliphatic rings. The molecule has 0 bridgehead atoms. The second-order valence-electron chi connectivity index (χ2n) is 5.04. The molecule has 3 rings (SSSR count). The molecule has 0 fully saturated rings. The van der Waals surface area contributed by atoms with Crippen LogP contribution in [0.15, 0.2) is 64.5 Å². The number of hydrogen-bond acceptors (Lipinski definition) is 5. The average molecular weight is 340 g/mol. The van der Waals surface area contributed by atoms with Crippen molar-refractivity contribution in [1.82, 2.24) is 9.38 Å². The molecule has 0 aliphatic heterocycles. The van der Waals surface area contributed by atoms with Crippen molar-refractivity contribution in [1.29, 1.82) is 0 Å². The van der Waals surface area contributed by atoms with Gasteiger partial charge >= 0.3 is 5.97 Å². The van der Waals surface area contributed by atoms with Crippen LogP contribution in [0.1, 0.15) is 22.8 Å². The summed E-state index contributed by atoms with van der Waals surface area (Å²) in [6.07, 6.45) is 2.90. The Bertz CT molecular complexity index is 922. The quantitative estimate of drug-likeness (QED) is 0.527. The van der Waals surface area contributed by atoms with E-state index in [0.29, 0.717) is 5.65 Å². The molecule has 2 aromatic heterocycles. The summed E-state index contributed by atoms with van der Waals surface area (Å²) in [6, 6.07) is 13.8. The highest BCUT2D eigenvalue weighted by Gasteiger charge is 2.15. The number of thioether (sulfide) groups is 1. The van der Waals surface area contributed by atoms with Crippen LogP contribution in [0.5, 0.6) is 0 Å². The molecule has 0 spiro atoms. The number of carbonyl (C=O) groups excluding carboxylic acids is 1. The van der Waals surface area contributed by atoms with Gasteiger partial charge in [0, 0.05) is 18.1 Å². The van der Waals surface area contributed by atoms with Crippen LogP contribution in [-0.2, 0) is 10.5 Å². The highest BCUT2D eigenvalue weighted by Crippen LogP contribution is 2.25. The molecule has 3 aromatic rings. The number of hydrogen-bond donors (Lipinski definition) is 0. The number of carbonyl (C=O) groups is 1. The zero-order chi connectivity index (χ0) is 16.9. The summed E-state index contributed by atoms with van der Waals surface area (Å²) in [6.45, 7) is 1.91. The van der Waals surface area contributed by atoms with Crippen molar-refractivity contribution < 1.29 is 9.53 Å². The SMILES string of the molecule is CCOC(=O)c1cnc2c(SCc3ccccc3)cccn2c1=O. The van der Waals surface area contributed by atoms with E-state index in [1.807, 2.05) is 24.3 Å². The maximum absolute atomic E-state index is 12.5. The molecule has 0 atom stereocenters. The lowest BCUT2D eigenvalue weighted by atomic mass is 10.2. The van der Waals surface area contributed by atoms with Gasteiger partial charge in [0.05, 0.1) is 11.5 Å². The zero-order valence-corrected chi connectivity index (χ0v) is 14.0. The van der Waals surface area contributed by atoms with Crippen LogP contribution < -0.4 is 5.56 Å². The molecule has 6 heteroatoms. The van der Waals surface area contributed by atoms with E-state index in [1.54, 1.807) is 30.9 Å². The number of rotatable bonds is 5. The second kappa shape index (κ2) is 7.31. The van der Waals surface area contributed by atoms with Crippen LogP contribution in [0.4, 0.5) is 0 Å². The Labute approximate surface area is 143 Å². The van der Waals surface area contributed by atoms with E-state index in [0.717, 1.165) is 10.6 Å². The van der Waals surface area contributed by atoms with Gasteiger partial charge in [0.2, 0.25) is 0 Å². The largest absolute Gasteiger partial charge is 0.462 e. The van der Waals surface area contributed by atoms with Gasteiger partial charge in [-0.3, -0.25) is 9.20 Å². The summed E-state index contributed by atoms with van der Waals surface area (Å²) < 4.78 is 6.28. The Hall–Kier alpha value is -2.60. The fraction of sp³-hybridized carbons (Fsp3) is 0.167. The lowest BCUT2D eigenvalue weighted by Crippen LogP contribution is -2.24. The van der Waals surface area contributed by atoms with Crippen molar-refractivity contribution in [2.75, 3.05) is 6.61 Å². The summed E-state index contributed by atoms with van der Waals surface area (Å²) in [5, 5.41) is 0. The maximum atomic E-state index is 12.5. The smallest absolute Gasteiger partial charge is 0.345 e. The predicted octanol–water partition coefficient (Wildman–Crippen LogP) is 3.16. The Morgan fingerprint density at radius 2 is 2.00 bits per heavy atom. The van der Waals surface area contributed by atoms with Gasteiger partial charge in [-0.1, -0.05) is 30.3 Å². The number of fused-ring (bicyclic) bond motifs is 1. The summed E-state index contributed by atoms with van der Waals surface area (Å²) in [5.74, 6) is 0.127. The van der Waals surface area contributed by atoms with Gasteiger partial charge in [-0.2, -0.15) is 0 Å². The number of ether oxygens (including phenoxy) is 1. The molecule has 24 heavy (non-hydrogen) atoms. The first-order valence-corrected chi connectivity index (χ1v) is 8.53. The third kappa shape index (κ3) is 3.33. The van der Waals surface area contributed by atoms with Crippen LogP contribution in [0.2, 0.25) is 0 Å². The van der Waals surface area contributed by atoms with Gasteiger partial charge in [0.25, 0.3) is 5.56 Å². The second-order valence-corrected chi connectivity index (χ2v) is 6.05. The molecule has 0 saturated heterocycles. The normalized spacial score (nSPS) is 10.7. The molecule has 5 nitrogen and oxygen atoms in total. The minimum Gasteiger partial charge on any atom is -0.462 e. The third-order valence-electron chi connectivity index (χ3n) is 3.43. The van der Waals surface area contributed by atoms with Crippen molar-refractivity contribution >= 4 is 23.4 Å². The number of pyridine rings is 1. The summed E-state index contributed by atoms with van der Waals surface area (Å²) in [7, 11) is 0. The highest BCUT2D eigenvalue weighted by atomic mass is 32.2. The summed E-state index contributed by atoms with van der Waals surface area (Å²) in [4.78, 5) is 29.5. The summed E-state index contributed by atoms with van der Waals surface area (Å²) >= 11 is 1.60. The monoisotopic (exact) mass is 340 g/mol. The number of esters is 1. The minimum atomic E-state index is -0.647. The molecule has 2 heterocycles. The maximum Gasteiger partial charge on any atom is 0.345 e. The Morgan fingerprint density at radius 1 is 1.21 bits per heavy atom. The van der Waals surface area contributed by atoms with Crippen LogP contribution >= 0.6 is 11.8 Å². The number of aromatic nitrogens is 2. The van der Waals surface area contributed by atoms with E-state index in [1.165, 1.54) is 16.2 Å². The van der Waals surface area contributed by atoms with E-state index in [9.17, 15) is 9.59 Å². The van der Waals surface area contributed by atoms with Gasteiger partial charge in [-0.15, -0.1) is 11.8 Å². The molecule has 0 saturated carbocycles. The van der Waals surface area contributed by atoms with Gasteiger partial charge in [-0.05, 0) is 24.6 Å². The highest BCUT2D eigenvalue weighted by molar-refractivity contribution is 7.98. The molecular formula is C18H16N2O3S. The van der Waals surface area contributed by atoms with Crippen LogP contribution in [0.25, 0.3) is 5.65 Å². The Balaban J connectivity index is 1.94. The fourth-order valence-corrected chi connectivity index (χ4v) is 3.25. The standard InChI is InChI=1S/C18H16N2O3S/c1-2-23-18(22)14-11-19-16-15(9-6-10-20(16)17(14)21)24-12-13-7-4-3-5-8-13/h3-11H,2,12H2,1H3. The molecule has 1 aromatic carbocycles. The van der Waals surface area contributed by atoms with Gasteiger partial charge in [0.1, 0.15) is 5.56 Å². The van der Waals surface area contributed by atoms with E-state index >= 15 is 0 Å². The zero-order valence-electron chi connectivity index (χ0n) is 13.1. The van der Waals surface area contributed by atoms with E-state index < -0.39 is 11.5 Å². The first-order chi connectivity index (χ1) is 11.7. The van der Waals surface area contributed by atoms with E-state index in [2.05, 4.69) is 17.1 Å². The topological polar surface area (TPSA) is 60.7 Å². The molecule has 122 valence electrons. The molecule has 0 radical (unpaired) electrons. The van der Waals surface area contributed by atoms with E-state index in [-0.39, 0.29) is 12.2 Å². The van der Waals surface area contributed by atoms with Gasteiger partial charge in [0.15, 0.2) is 5.65 Å². The van der Waals surface area contributed by atoms with Crippen LogP contribution in [0.3, 0.4) is 0 Å². The molecule has 0 unspecified atom stereocenters.